The van der Waals surface area contributed by atoms with Crippen molar-refractivity contribution in [3.63, 3.8) is 0 Å². The van der Waals surface area contributed by atoms with E-state index in [2.05, 4.69) is 9.55 Å². The van der Waals surface area contributed by atoms with Gasteiger partial charge < -0.3 is 19.2 Å². The van der Waals surface area contributed by atoms with Crippen LogP contribution in [0, 0.1) is 4.77 Å². The van der Waals surface area contributed by atoms with Crippen molar-refractivity contribution in [2.24, 2.45) is 0 Å². The molecule has 152 valence electrons. The molecule has 0 saturated heterocycles. The van der Waals surface area contributed by atoms with Crippen molar-refractivity contribution >= 4 is 29.0 Å². The molecule has 0 bridgehead atoms. The van der Waals surface area contributed by atoms with Gasteiger partial charge in [0.1, 0.15) is 0 Å². The van der Waals surface area contributed by atoms with Crippen LogP contribution >= 0.6 is 12.2 Å². The lowest BCUT2D eigenvalue weighted by atomic mass is 10.1. The summed E-state index contributed by atoms with van der Waals surface area (Å²) in [6.45, 7) is 4.52. The molecular formula is C21H24N4O3S. The maximum absolute atomic E-state index is 13.2. The van der Waals surface area contributed by atoms with E-state index in [1.165, 1.54) is 0 Å². The van der Waals surface area contributed by atoms with Crippen LogP contribution in [0.25, 0.3) is 10.9 Å². The Labute approximate surface area is 173 Å². The van der Waals surface area contributed by atoms with Gasteiger partial charge in [0, 0.05) is 50.8 Å². The van der Waals surface area contributed by atoms with Crippen molar-refractivity contribution in [3.05, 3.63) is 62.9 Å². The number of fused-ring (bicyclic) bond motifs is 2. The first-order valence-electron chi connectivity index (χ1n) is 9.73. The molecule has 0 radical (unpaired) electrons. The van der Waals surface area contributed by atoms with Crippen LogP contribution in [0.5, 0.6) is 0 Å². The van der Waals surface area contributed by atoms with Crippen molar-refractivity contribution in [3.8, 4) is 0 Å². The molecule has 2 aromatic heterocycles. The Bertz CT molecular complexity index is 1180. The highest BCUT2D eigenvalue weighted by Crippen LogP contribution is 2.27. The molecule has 1 atom stereocenters. The van der Waals surface area contributed by atoms with Crippen molar-refractivity contribution in [2.75, 3.05) is 20.3 Å². The standard InChI is InChI=1S/C21H24N4O3S/c1-14-18-5-3-8-23(18)10-11-24(14)19(26)15-6-7-16-17(13-15)22-21(29)25(20(16)27)9-4-12-28-2/h3,5-8,13-14H,4,9-12H2,1-2H3,(H,22,29). The molecule has 1 aliphatic rings. The Kier molecular flexibility index (Phi) is 5.38. The van der Waals surface area contributed by atoms with E-state index in [1.54, 1.807) is 29.9 Å². The quantitative estimate of drug-likeness (QED) is 0.516. The Hall–Kier alpha value is -2.71. The monoisotopic (exact) mass is 412 g/mol. The van der Waals surface area contributed by atoms with Crippen LogP contribution in [0.4, 0.5) is 0 Å². The second-order valence-electron chi connectivity index (χ2n) is 7.29. The second-order valence-corrected chi connectivity index (χ2v) is 7.68. The van der Waals surface area contributed by atoms with Crippen LogP contribution in [-0.4, -0.2) is 45.2 Å². The largest absolute Gasteiger partial charge is 0.385 e. The molecule has 3 aromatic rings. The van der Waals surface area contributed by atoms with Gasteiger partial charge in [-0.05, 0) is 55.9 Å². The van der Waals surface area contributed by atoms with Crippen LogP contribution in [0.15, 0.2) is 41.3 Å². The van der Waals surface area contributed by atoms with Gasteiger partial charge in [0.15, 0.2) is 4.77 Å². The third-order valence-electron chi connectivity index (χ3n) is 5.56. The fourth-order valence-corrected chi connectivity index (χ4v) is 4.26. The molecule has 0 spiro atoms. The molecule has 0 saturated carbocycles. The third-order valence-corrected chi connectivity index (χ3v) is 5.88. The van der Waals surface area contributed by atoms with Gasteiger partial charge in [0.2, 0.25) is 0 Å². The zero-order valence-corrected chi connectivity index (χ0v) is 17.4. The molecule has 1 aliphatic heterocycles. The van der Waals surface area contributed by atoms with Crippen LogP contribution in [0.3, 0.4) is 0 Å². The molecule has 1 unspecified atom stereocenters. The molecule has 29 heavy (non-hydrogen) atoms. The zero-order valence-electron chi connectivity index (χ0n) is 16.6. The number of hydrogen-bond donors (Lipinski definition) is 1. The van der Waals surface area contributed by atoms with E-state index in [9.17, 15) is 9.59 Å². The zero-order chi connectivity index (χ0) is 20.5. The fourth-order valence-electron chi connectivity index (χ4n) is 3.98. The lowest BCUT2D eigenvalue weighted by Crippen LogP contribution is -2.40. The second kappa shape index (κ2) is 7.96. The number of methoxy groups -OCH3 is 1. The Morgan fingerprint density at radius 1 is 1.31 bits per heavy atom. The molecule has 7 nitrogen and oxygen atoms in total. The number of aromatic amines is 1. The summed E-state index contributed by atoms with van der Waals surface area (Å²) in [4.78, 5) is 31.0. The topological polar surface area (TPSA) is 72.3 Å². The predicted octanol–water partition coefficient (Wildman–Crippen LogP) is 3.11. The number of carbonyl (C=O) groups excluding carboxylic acids is 1. The highest BCUT2D eigenvalue weighted by Gasteiger charge is 2.28. The number of rotatable bonds is 5. The number of carbonyl (C=O) groups is 1. The van der Waals surface area contributed by atoms with E-state index in [0.29, 0.717) is 47.4 Å². The van der Waals surface area contributed by atoms with E-state index >= 15 is 0 Å². The number of amides is 1. The number of ether oxygens (including phenoxy) is 1. The lowest BCUT2D eigenvalue weighted by molar-refractivity contribution is 0.0644. The van der Waals surface area contributed by atoms with Crippen molar-refractivity contribution in [1.82, 2.24) is 19.0 Å². The number of hydrogen-bond acceptors (Lipinski definition) is 4. The predicted molar refractivity (Wildman–Crippen MR) is 114 cm³/mol. The maximum atomic E-state index is 13.2. The Morgan fingerprint density at radius 2 is 2.14 bits per heavy atom. The Morgan fingerprint density at radius 3 is 2.93 bits per heavy atom. The molecule has 1 amide bonds. The summed E-state index contributed by atoms with van der Waals surface area (Å²) in [5.41, 5.74) is 2.11. The summed E-state index contributed by atoms with van der Waals surface area (Å²) in [5, 5.41) is 0.521. The van der Waals surface area contributed by atoms with Gasteiger partial charge in [0.05, 0.1) is 16.9 Å². The first kappa shape index (κ1) is 19.6. The highest BCUT2D eigenvalue weighted by atomic mass is 32.1. The summed E-state index contributed by atoms with van der Waals surface area (Å²) in [7, 11) is 1.63. The van der Waals surface area contributed by atoms with Gasteiger partial charge >= 0.3 is 0 Å². The summed E-state index contributed by atoms with van der Waals surface area (Å²) < 4.78 is 9.13. The number of nitrogens with zero attached hydrogens (tertiary/aromatic N) is 3. The normalized spacial score (nSPS) is 16.2. The van der Waals surface area contributed by atoms with E-state index < -0.39 is 0 Å². The van der Waals surface area contributed by atoms with E-state index in [4.69, 9.17) is 17.0 Å². The number of aromatic nitrogens is 3. The molecule has 1 aromatic carbocycles. The summed E-state index contributed by atoms with van der Waals surface area (Å²) in [6, 6.07) is 9.22. The molecule has 8 heteroatoms. The first-order chi connectivity index (χ1) is 14.0. The minimum atomic E-state index is -0.150. The van der Waals surface area contributed by atoms with Gasteiger partial charge in [-0.3, -0.25) is 14.2 Å². The average molecular weight is 413 g/mol. The molecule has 1 N–H and O–H groups in total. The number of nitrogens with one attached hydrogen (secondary N) is 1. The van der Waals surface area contributed by atoms with Crippen LogP contribution in [0.1, 0.15) is 35.4 Å². The van der Waals surface area contributed by atoms with Gasteiger partial charge in [-0.15, -0.1) is 0 Å². The minimum absolute atomic E-state index is 0.00535. The van der Waals surface area contributed by atoms with Crippen molar-refractivity contribution < 1.29 is 9.53 Å². The van der Waals surface area contributed by atoms with Crippen LogP contribution in [0.2, 0.25) is 0 Å². The van der Waals surface area contributed by atoms with Crippen LogP contribution in [-0.2, 0) is 17.8 Å². The van der Waals surface area contributed by atoms with Gasteiger partial charge in [-0.1, -0.05) is 0 Å². The average Bonchev–Trinajstić information content (AvgIpc) is 3.20. The molecular weight excluding hydrogens is 388 g/mol. The summed E-state index contributed by atoms with van der Waals surface area (Å²) in [5.74, 6) is -0.0459. The summed E-state index contributed by atoms with van der Waals surface area (Å²) in [6.07, 6.45) is 2.74. The maximum Gasteiger partial charge on any atom is 0.262 e. The molecule has 0 aliphatic carbocycles. The van der Waals surface area contributed by atoms with E-state index in [0.717, 1.165) is 12.2 Å². The summed E-state index contributed by atoms with van der Waals surface area (Å²) >= 11 is 5.37. The van der Waals surface area contributed by atoms with Crippen molar-refractivity contribution in [2.45, 2.75) is 32.5 Å². The Balaban J connectivity index is 1.66. The minimum Gasteiger partial charge on any atom is -0.385 e. The number of benzene rings is 1. The lowest BCUT2D eigenvalue weighted by Gasteiger charge is -2.35. The molecule has 4 rings (SSSR count). The van der Waals surface area contributed by atoms with Gasteiger partial charge in [-0.2, -0.15) is 0 Å². The first-order valence-corrected chi connectivity index (χ1v) is 10.1. The molecule has 0 fully saturated rings. The van der Waals surface area contributed by atoms with E-state index in [-0.39, 0.29) is 17.5 Å². The van der Waals surface area contributed by atoms with Crippen molar-refractivity contribution in [1.29, 1.82) is 0 Å². The fraction of sp³-hybridized carbons (Fsp3) is 0.381. The van der Waals surface area contributed by atoms with Gasteiger partial charge in [-0.25, -0.2) is 0 Å². The van der Waals surface area contributed by atoms with Gasteiger partial charge in [0.25, 0.3) is 11.5 Å². The highest BCUT2D eigenvalue weighted by molar-refractivity contribution is 7.71. The third kappa shape index (κ3) is 3.54. The van der Waals surface area contributed by atoms with E-state index in [1.807, 2.05) is 30.2 Å². The molecule has 3 heterocycles. The SMILES string of the molecule is COCCCn1c(=S)[nH]c2cc(C(=O)N3CCn4cccc4C3C)ccc2c1=O. The van der Waals surface area contributed by atoms with Crippen LogP contribution < -0.4 is 5.56 Å². The number of H-pyrrole nitrogens is 1. The smallest absolute Gasteiger partial charge is 0.262 e.